The lowest BCUT2D eigenvalue weighted by Crippen LogP contribution is -2.08. The minimum atomic E-state index is -0.524. The zero-order valence-electron chi connectivity index (χ0n) is 11.6. The van der Waals surface area contributed by atoms with Crippen LogP contribution < -0.4 is 4.74 Å². The molecule has 4 heteroatoms. The number of benzene rings is 1. The highest BCUT2D eigenvalue weighted by Gasteiger charge is 2.09. The van der Waals surface area contributed by atoms with Gasteiger partial charge in [0.2, 0.25) is 0 Å². The Balaban J connectivity index is 2.03. The Morgan fingerprint density at radius 3 is 2.84 bits per heavy atom. The normalized spacial score (nSPS) is 12.4. The predicted molar refractivity (Wildman–Crippen MR) is 74.2 cm³/mol. The van der Waals surface area contributed by atoms with Crippen LogP contribution in [0.3, 0.4) is 0 Å². The van der Waals surface area contributed by atoms with E-state index in [0.29, 0.717) is 6.61 Å². The molecule has 0 saturated heterocycles. The van der Waals surface area contributed by atoms with Gasteiger partial charge in [0.15, 0.2) is 0 Å². The van der Waals surface area contributed by atoms with Gasteiger partial charge in [0.25, 0.3) is 0 Å². The van der Waals surface area contributed by atoms with Crippen molar-refractivity contribution in [1.29, 1.82) is 0 Å². The second kappa shape index (κ2) is 5.89. The lowest BCUT2D eigenvalue weighted by Gasteiger charge is -2.14. The Bertz CT molecular complexity index is 547. The summed E-state index contributed by atoms with van der Waals surface area (Å²) >= 11 is 0. The van der Waals surface area contributed by atoms with Gasteiger partial charge in [-0.1, -0.05) is 12.1 Å². The summed E-state index contributed by atoms with van der Waals surface area (Å²) in [7, 11) is 1.97. The maximum atomic E-state index is 9.73. The highest BCUT2D eigenvalue weighted by Crippen LogP contribution is 2.26. The first-order chi connectivity index (χ1) is 9.08. The van der Waals surface area contributed by atoms with Crippen molar-refractivity contribution in [3.8, 4) is 5.75 Å². The first kappa shape index (κ1) is 13.6. The first-order valence-corrected chi connectivity index (χ1v) is 6.45. The lowest BCUT2D eigenvalue weighted by molar-refractivity contribution is 0.191. The maximum Gasteiger partial charge on any atom is 0.125 e. The summed E-state index contributed by atoms with van der Waals surface area (Å²) in [6, 6.07) is 5.85. The number of aryl methyl sites for hydroxylation is 2. The molecular formula is C15H20N2O2. The number of nitrogens with zero attached hydrogens (tertiary/aromatic N) is 2. The number of aliphatic hydroxyl groups excluding tert-OH is 1. The molecular weight excluding hydrogens is 240 g/mol. The first-order valence-electron chi connectivity index (χ1n) is 6.45. The van der Waals surface area contributed by atoms with Crippen LogP contribution >= 0.6 is 0 Å². The Kier molecular flexibility index (Phi) is 4.22. The van der Waals surface area contributed by atoms with Crippen LogP contribution in [0.5, 0.6) is 5.75 Å². The molecule has 0 fully saturated rings. The van der Waals surface area contributed by atoms with E-state index in [1.54, 1.807) is 13.1 Å². The molecule has 4 nitrogen and oxygen atoms in total. The number of hydrogen-bond acceptors (Lipinski definition) is 3. The molecule has 2 rings (SSSR count). The molecule has 1 N–H and O–H groups in total. The van der Waals surface area contributed by atoms with Gasteiger partial charge >= 0.3 is 0 Å². The lowest BCUT2D eigenvalue weighted by atomic mass is 10.1. The highest BCUT2D eigenvalue weighted by atomic mass is 16.5. The average Bonchev–Trinajstić information content (AvgIpc) is 2.75. The average molecular weight is 260 g/mol. The van der Waals surface area contributed by atoms with E-state index in [4.69, 9.17) is 4.74 Å². The Morgan fingerprint density at radius 2 is 2.21 bits per heavy atom. The fraction of sp³-hybridized carbons (Fsp3) is 0.400. The predicted octanol–water partition coefficient (Wildman–Crippen LogP) is 2.40. The quantitative estimate of drug-likeness (QED) is 0.898. The zero-order chi connectivity index (χ0) is 13.8. The van der Waals surface area contributed by atoms with E-state index in [9.17, 15) is 5.11 Å². The van der Waals surface area contributed by atoms with Gasteiger partial charge in [0.1, 0.15) is 11.6 Å². The molecule has 0 spiro atoms. The molecule has 0 aliphatic carbocycles. The second-order valence-electron chi connectivity index (χ2n) is 4.77. The van der Waals surface area contributed by atoms with Crippen molar-refractivity contribution in [3.63, 3.8) is 0 Å². The Labute approximate surface area is 113 Å². The van der Waals surface area contributed by atoms with Crippen LogP contribution in [0.2, 0.25) is 0 Å². The van der Waals surface area contributed by atoms with Crippen molar-refractivity contribution in [1.82, 2.24) is 9.55 Å². The van der Waals surface area contributed by atoms with Gasteiger partial charge in [0, 0.05) is 31.4 Å². The van der Waals surface area contributed by atoms with Gasteiger partial charge < -0.3 is 14.4 Å². The zero-order valence-corrected chi connectivity index (χ0v) is 11.6. The molecule has 0 unspecified atom stereocenters. The summed E-state index contributed by atoms with van der Waals surface area (Å²) in [5, 5.41) is 9.73. The SMILES string of the molecule is Cc1ccc([C@H](C)O)c(OCCc2nccn2C)c1. The van der Waals surface area contributed by atoms with E-state index in [0.717, 1.165) is 29.1 Å². The van der Waals surface area contributed by atoms with Crippen LogP contribution in [0, 0.1) is 6.92 Å². The van der Waals surface area contributed by atoms with E-state index in [1.165, 1.54) is 0 Å². The Hall–Kier alpha value is -1.81. The smallest absolute Gasteiger partial charge is 0.125 e. The van der Waals surface area contributed by atoms with Crippen molar-refractivity contribution >= 4 is 0 Å². The van der Waals surface area contributed by atoms with Gasteiger partial charge in [-0.15, -0.1) is 0 Å². The fourth-order valence-corrected chi connectivity index (χ4v) is 2.00. The summed E-state index contributed by atoms with van der Waals surface area (Å²) in [5.41, 5.74) is 1.95. The molecule has 0 radical (unpaired) electrons. The second-order valence-corrected chi connectivity index (χ2v) is 4.77. The summed E-state index contributed by atoms with van der Waals surface area (Å²) in [4.78, 5) is 4.26. The van der Waals surface area contributed by atoms with Gasteiger partial charge in [0.05, 0.1) is 12.7 Å². The molecule has 0 aliphatic rings. The summed E-state index contributed by atoms with van der Waals surface area (Å²) in [6.45, 7) is 4.31. The van der Waals surface area contributed by atoms with E-state index in [-0.39, 0.29) is 0 Å². The number of aromatic nitrogens is 2. The number of rotatable bonds is 5. The molecule has 1 heterocycles. The van der Waals surface area contributed by atoms with Crippen LogP contribution in [-0.4, -0.2) is 21.3 Å². The molecule has 0 aliphatic heterocycles. The topological polar surface area (TPSA) is 47.3 Å². The molecule has 0 saturated carbocycles. The monoisotopic (exact) mass is 260 g/mol. The number of aliphatic hydroxyl groups is 1. The minimum absolute atomic E-state index is 0.524. The van der Waals surface area contributed by atoms with Crippen LogP contribution in [0.25, 0.3) is 0 Å². The number of hydrogen-bond donors (Lipinski definition) is 1. The number of ether oxygens (including phenoxy) is 1. The molecule has 1 aromatic carbocycles. The molecule has 1 atom stereocenters. The third kappa shape index (κ3) is 3.35. The van der Waals surface area contributed by atoms with Crippen LogP contribution in [0.4, 0.5) is 0 Å². The minimum Gasteiger partial charge on any atom is -0.493 e. The maximum absolute atomic E-state index is 9.73. The van der Waals surface area contributed by atoms with Crippen molar-refractivity contribution in [2.75, 3.05) is 6.61 Å². The summed E-state index contributed by atoms with van der Waals surface area (Å²) in [5.74, 6) is 1.75. The van der Waals surface area contributed by atoms with Gasteiger partial charge in [-0.05, 0) is 25.5 Å². The van der Waals surface area contributed by atoms with Gasteiger partial charge in [-0.25, -0.2) is 4.98 Å². The largest absolute Gasteiger partial charge is 0.493 e. The van der Waals surface area contributed by atoms with E-state index in [1.807, 2.05) is 42.9 Å². The molecule has 0 bridgehead atoms. The summed E-state index contributed by atoms with van der Waals surface area (Å²) in [6.07, 6.45) is 3.92. The molecule has 2 aromatic rings. The van der Waals surface area contributed by atoms with Gasteiger partial charge in [-0.3, -0.25) is 0 Å². The van der Waals surface area contributed by atoms with Crippen molar-refractivity contribution in [3.05, 3.63) is 47.5 Å². The van der Waals surface area contributed by atoms with Crippen molar-refractivity contribution in [2.24, 2.45) is 7.05 Å². The third-order valence-electron chi connectivity index (χ3n) is 3.12. The van der Waals surface area contributed by atoms with E-state index in [2.05, 4.69) is 4.98 Å². The summed E-state index contributed by atoms with van der Waals surface area (Å²) < 4.78 is 7.78. The van der Waals surface area contributed by atoms with Crippen LogP contribution in [-0.2, 0) is 13.5 Å². The van der Waals surface area contributed by atoms with Crippen LogP contribution in [0.15, 0.2) is 30.6 Å². The molecule has 1 aromatic heterocycles. The molecule has 102 valence electrons. The molecule has 0 amide bonds. The van der Waals surface area contributed by atoms with Crippen molar-refractivity contribution in [2.45, 2.75) is 26.4 Å². The standard InChI is InChI=1S/C15H20N2O2/c1-11-4-5-13(12(2)18)14(10-11)19-9-6-15-16-7-8-17(15)3/h4-5,7-8,10,12,18H,6,9H2,1-3H3/t12-/m0/s1. The number of imidazole rings is 1. The van der Waals surface area contributed by atoms with Gasteiger partial charge in [-0.2, -0.15) is 0 Å². The molecule has 19 heavy (non-hydrogen) atoms. The third-order valence-corrected chi connectivity index (χ3v) is 3.12. The van der Waals surface area contributed by atoms with E-state index >= 15 is 0 Å². The Morgan fingerprint density at radius 1 is 1.42 bits per heavy atom. The fourth-order valence-electron chi connectivity index (χ4n) is 2.00. The van der Waals surface area contributed by atoms with Crippen molar-refractivity contribution < 1.29 is 9.84 Å². The highest BCUT2D eigenvalue weighted by molar-refractivity contribution is 5.38. The van der Waals surface area contributed by atoms with Crippen LogP contribution in [0.1, 0.15) is 30.0 Å². The van der Waals surface area contributed by atoms with E-state index < -0.39 is 6.10 Å².